The number of aromatic amines is 2. The van der Waals surface area contributed by atoms with Crippen LogP contribution < -0.4 is 10.1 Å². The summed E-state index contributed by atoms with van der Waals surface area (Å²) in [5.74, 6) is 0.423. The third kappa shape index (κ3) is 6.36. The second-order valence-corrected chi connectivity index (χ2v) is 11.8. The molecule has 1 aliphatic heterocycles. The Balaban J connectivity index is 1.17. The summed E-state index contributed by atoms with van der Waals surface area (Å²) in [7, 11) is 4.02. The Morgan fingerprint density at radius 2 is 1.78 bits per heavy atom. The quantitative estimate of drug-likeness (QED) is 0.170. The molecule has 5 aromatic heterocycles. The minimum Gasteiger partial charge on any atom is -0.491 e. The molecule has 1 saturated heterocycles. The fraction of sp³-hybridized carbons (Fsp3) is 0.294. The smallest absolute Gasteiger partial charge is 0.138 e. The molecule has 1 aliphatic rings. The molecule has 45 heavy (non-hydrogen) atoms. The number of nitrogens with zero attached hydrogens (tertiary/aromatic N) is 6. The molecule has 0 atom stereocenters. The minimum absolute atomic E-state index is 0.304. The summed E-state index contributed by atoms with van der Waals surface area (Å²) in [5.41, 5.74) is 7.18. The lowest BCUT2D eigenvalue weighted by atomic mass is 10.0. The van der Waals surface area contributed by atoms with E-state index in [0.29, 0.717) is 13.2 Å². The Morgan fingerprint density at radius 3 is 2.64 bits per heavy atom. The summed E-state index contributed by atoms with van der Waals surface area (Å²) in [5, 5.41) is 12.9. The highest BCUT2D eigenvalue weighted by Gasteiger charge is 2.17. The molecule has 0 aliphatic carbocycles. The van der Waals surface area contributed by atoms with Crippen LogP contribution >= 0.6 is 0 Å². The van der Waals surface area contributed by atoms with E-state index >= 15 is 0 Å². The molecule has 6 aromatic rings. The number of H-pyrrole nitrogens is 2. The number of likely N-dealkylation sites (tertiary alicyclic amines) is 1. The molecule has 0 saturated carbocycles. The average Bonchev–Trinajstić information content (AvgIpc) is 3.80. The Kier molecular flexibility index (Phi) is 8.10. The molecule has 1 aromatic carbocycles. The highest BCUT2D eigenvalue weighted by molar-refractivity contribution is 6.01. The number of rotatable bonds is 11. The number of likely N-dealkylation sites (N-methyl/N-ethyl adjacent to an activating group) is 1. The van der Waals surface area contributed by atoms with Gasteiger partial charge in [-0.2, -0.15) is 5.10 Å². The van der Waals surface area contributed by atoms with Gasteiger partial charge in [-0.3, -0.25) is 25.0 Å². The van der Waals surface area contributed by atoms with Crippen LogP contribution in [0.2, 0.25) is 0 Å². The fourth-order valence-electron chi connectivity index (χ4n) is 5.90. The lowest BCUT2D eigenvalue weighted by Gasteiger charge is -2.15. The third-order valence-corrected chi connectivity index (χ3v) is 8.23. The standard InChI is InChI=1S/C34H36FN9O/c1-43(2)8-5-38-25-12-22(11-24(35)14-25)29-19-37-20-32-27(29)15-31(40-32)34-28-16-30(39-21-33(28)41-42-34)23-13-26(18-36-17-23)45-10-9-44-6-3-4-7-44/h11-21,38,40H,3-10H2,1-2H3,(H,41,42). The normalized spacial score (nSPS) is 13.8. The molecule has 230 valence electrons. The van der Waals surface area contributed by atoms with Gasteiger partial charge in [-0.05, 0) is 82.0 Å². The minimum atomic E-state index is -0.304. The van der Waals surface area contributed by atoms with Crippen LogP contribution in [0.3, 0.4) is 0 Å². The van der Waals surface area contributed by atoms with Gasteiger partial charge in [-0.15, -0.1) is 0 Å². The van der Waals surface area contributed by atoms with Gasteiger partial charge in [0.2, 0.25) is 0 Å². The van der Waals surface area contributed by atoms with Crippen molar-refractivity contribution in [3.8, 4) is 39.5 Å². The van der Waals surface area contributed by atoms with Crippen LogP contribution in [0.15, 0.2) is 67.4 Å². The van der Waals surface area contributed by atoms with E-state index in [1.54, 1.807) is 37.1 Å². The van der Waals surface area contributed by atoms with E-state index in [9.17, 15) is 4.39 Å². The predicted molar refractivity (Wildman–Crippen MR) is 176 cm³/mol. The van der Waals surface area contributed by atoms with Crippen molar-refractivity contribution < 1.29 is 9.13 Å². The largest absolute Gasteiger partial charge is 0.491 e. The van der Waals surface area contributed by atoms with Gasteiger partial charge < -0.3 is 19.9 Å². The molecular weight excluding hydrogens is 569 g/mol. The van der Waals surface area contributed by atoms with Crippen LogP contribution in [0.4, 0.5) is 10.1 Å². The van der Waals surface area contributed by atoms with Crippen LogP contribution in [0, 0.1) is 5.82 Å². The van der Waals surface area contributed by atoms with E-state index in [1.165, 1.54) is 18.9 Å². The average molecular weight is 606 g/mol. The van der Waals surface area contributed by atoms with Crippen molar-refractivity contribution in [3.63, 3.8) is 0 Å². The first kappa shape index (κ1) is 28.9. The second kappa shape index (κ2) is 12.6. The first-order valence-corrected chi connectivity index (χ1v) is 15.3. The van der Waals surface area contributed by atoms with E-state index in [1.807, 2.05) is 38.4 Å². The zero-order valence-corrected chi connectivity index (χ0v) is 25.5. The molecule has 0 amide bonds. The van der Waals surface area contributed by atoms with Crippen molar-refractivity contribution >= 4 is 27.5 Å². The maximum absolute atomic E-state index is 14.7. The lowest BCUT2D eigenvalue weighted by molar-refractivity contribution is 0.237. The number of pyridine rings is 3. The maximum Gasteiger partial charge on any atom is 0.138 e. The van der Waals surface area contributed by atoms with Gasteiger partial charge in [0.05, 0.1) is 41.0 Å². The Labute approximate surface area is 260 Å². The number of hydrogen-bond acceptors (Lipinski definition) is 8. The molecular formula is C34H36FN9O. The van der Waals surface area contributed by atoms with Crippen molar-refractivity contribution in [3.05, 3.63) is 73.2 Å². The second-order valence-electron chi connectivity index (χ2n) is 11.8. The van der Waals surface area contributed by atoms with Gasteiger partial charge in [-0.25, -0.2) is 4.39 Å². The summed E-state index contributed by atoms with van der Waals surface area (Å²) >= 11 is 0. The van der Waals surface area contributed by atoms with Crippen molar-refractivity contribution in [1.82, 2.24) is 39.9 Å². The SMILES string of the molecule is CN(C)CCNc1cc(F)cc(-c2cncc3[nH]c(-c4n[nH]c5cnc(-c6cncc(OCCN7CCCC7)c6)cc45)cc23)c1. The highest BCUT2D eigenvalue weighted by Crippen LogP contribution is 2.35. The van der Waals surface area contributed by atoms with Crippen LogP contribution in [0.5, 0.6) is 5.75 Å². The van der Waals surface area contributed by atoms with Gasteiger partial charge in [0.1, 0.15) is 23.9 Å². The number of aromatic nitrogens is 6. The molecule has 0 unspecified atom stereocenters. The summed E-state index contributed by atoms with van der Waals surface area (Å²) in [6.07, 6.45) is 11.4. The topological polar surface area (TPSA) is 111 Å². The first-order valence-electron chi connectivity index (χ1n) is 15.3. The lowest BCUT2D eigenvalue weighted by Crippen LogP contribution is -2.25. The Bertz CT molecular complexity index is 1940. The fourth-order valence-corrected chi connectivity index (χ4v) is 5.90. The predicted octanol–water partition coefficient (Wildman–Crippen LogP) is 5.82. The zero-order chi connectivity index (χ0) is 30.8. The molecule has 0 spiro atoms. The van der Waals surface area contributed by atoms with Gasteiger partial charge in [0.15, 0.2) is 0 Å². The van der Waals surface area contributed by atoms with Crippen molar-refractivity contribution in [2.75, 3.05) is 58.7 Å². The third-order valence-electron chi connectivity index (χ3n) is 8.23. The Hall–Kier alpha value is -4.87. The van der Waals surface area contributed by atoms with Gasteiger partial charge in [0.25, 0.3) is 0 Å². The van der Waals surface area contributed by atoms with Crippen LogP contribution in [0.25, 0.3) is 55.6 Å². The molecule has 11 heteroatoms. The van der Waals surface area contributed by atoms with E-state index in [0.717, 1.165) is 93.2 Å². The number of benzene rings is 1. The molecule has 10 nitrogen and oxygen atoms in total. The van der Waals surface area contributed by atoms with Crippen LogP contribution in [-0.4, -0.2) is 93.4 Å². The van der Waals surface area contributed by atoms with Gasteiger partial charge in [-0.1, -0.05) is 0 Å². The van der Waals surface area contributed by atoms with Gasteiger partial charge >= 0.3 is 0 Å². The molecule has 0 radical (unpaired) electrons. The van der Waals surface area contributed by atoms with E-state index in [-0.39, 0.29) is 5.82 Å². The summed E-state index contributed by atoms with van der Waals surface area (Å²) in [6.45, 7) is 5.39. The first-order chi connectivity index (χ1) is 22.0. The van der Waals surface area contributed by atoms with Crippen LogP contribution in [-0.2, 0) is 0 Å². The van der Waals surface area contributed by atoms with E-state index in [2.05, 4.69) is 45.2 Å². The number of halogens is 1. The highest BCUT2D eigenvalue weighted by atomic mass is 19.1. The van der Waals surface area contributed by atoms with Crippen LogP contribution in [0.1, 0.15) is 12.8 Å². The molecule has 7 rings (SSSR count). The van der Waals surface area contributed by atoms with Crippen molar-refractivity contribution in [2.45, 2.75) is 12.8 Å². The molecule has 0 bridgehead atoms. The monoisotopic (exact) mass is 605 g/mol. The Morgan fingerprint density at radius 1 is 0.911 bits per heavy atom. The summed E-state index contributed by atoms with van der Waals surface area (Å²) in [6, 6.07) is 11.1. The van der Waals surface area contributed by atoms with E-state index in [4.69, 9.17) is 4.74 Å². The molecule has 1 fully saturated rings. The number of anilines is 1. The maximum atomic E-state index is 14.7. The summed E-state index contributed by atoms with van der Waals surface area (Å²) in [4.78, 5) is 21.5. The van der Waals surface area contributed by atoms with Crippen molar-refractivity contribution in [1.29, 1.82) is 0 Å². The molecule has 6 heterocycles. The van der Waals surface area contributed by atoms with Crippen molar-refractivity contribution in [2.24, 2.45) is 0 Å². The summed E-state index contributed by atoms with van der Waals surface area (Å²) < 4.78 is 20.7. The number of nitrogens with one attached hydrogen (secondary N) is 3. The van der Waals surface area contributed by atoms with Gasteiger partial charge in [0, 0.05) is 59.6 Å². The zero-order valence-electron chi connectivity index (χ0n) is 25.5. The van der Waals surface area contributed by atoms with E-state index < -0.39 is 0 Å². The molecule has 3 N–H and O–H groups in total. The number of fused-ring (bicyclic) bond motifs is 2. The number of ether oxygens (including phenoxy) is 1. The number of hydrogen-bond donors (Lipinski definition) is 3.